The fraction of sp³-hybridized carbons (Fsp3) is 0.0952. The molecule has 0 radical (unpaired) electrons. The van der Waals surface area contributed by atoms with Crippen LogP contribution in [0.2, 0.25) is 0 Å². The topological polar surface area (TPSA) is 50.3 Å². The van der Waals surface area contributed by atoms with Crippen LogP contribution in [0.15, 0.2) is 82.8 Å². The molecular weight excluding hydrogens is 443 g/mol. The number of halogens is 2. The summed E-state index contributed by atoms with van der Waals surface area (Å²) in [4.78, 5) is 4.20. The molecule has 0 saturated heterocycles. The van der Waals surface area contributed by atoms with E-state index in [4.69, 9.17) is 0 Å². The van der Waals surface area contributed by atoms with E-state index in [2.05, 4.69) is 20.9 Å². The molecule has 1 aromatic heterocycles. The van der Waals surface area contributed by atoms with Gasteiger partial charge in [0.05, 0.1) is 12.2 Å². The monoisotopic (exact) mass is 460 g/mol. The first-order valence-corrected chi connectivity index (χ1v) is 10.8. The third-order valence-electron chi connectivity index (χ3n) is 4.02. The third-order valence-corrected chi connectivity index (χ3v) is 5.97. The van der Waals surface area contributed by atoms with E-state index in [1.54, 1.807) is 36.5 Å². The van der Waals surface area contributed by atoms with Crippen LogP contribution in [-0.4, -0.2) is 17.7 Å². The lowest BCUT2D eigenvalue weighted by Crippen LogP contribution is -2.29. The number of pyridine rings is 1. The number of hydrogen-bond acceptors (Lipinski definition) is 3. The number of nitrogens with zero attached hydrogens (tertiary/aromatic N) is 2. The van der Waals surface area contributed by atoms with Crippen molar-refractivity contribution in [3.8, 4) is 0 Å². The minimum Gasteiger partial charge on any atom is -0.260 e. The van der Waals surface area contributed by atoms with Crippen LogP contribution in [0.4, 0.5) is 4.39 Å². The number of sulfonamides is 1. The van der Waals surface area contributed by atoms with Gasteiger partial charge in [0.15, 0.2) is 0 Å². The molecule has 28 heavy (non-hydrogen) atoms. The van der Waals surface area contributed by atoms with Crippen molar-refractivity contribution in [2.24, 2.45) is 0 Å². The Morgan fingerprint density at radius 2 is 1.75 bits per heavy atom. The van der Waals surface area contributed by atoms with Crippen LogP contribution < -0.4 is 0 Å². The molecule has 4 nitrogen and oxygen atoms in total. The number of hydrogen-bond donors (Lipinski definition) is 0. The van der Waals surface area contributed by atoms with Crippen molar-refractivity contribution in [2.45, 2.75) is 13.1 Å². The summed E-state index contributed by atoms with van der Waals surface area (Å²) < 4.78 is 42.0. The van der Waals surface area contributed by atoms with Crippen molar-refractivity contribution in [2.75, 3.05) is 0 Å². The third kappa shape index (κ3) is 5.58. The fourth-order valence-corrected chi connectivity index (χ4v) is 4.03. The zero-order valence-corrected chi connectivity index (χ0v) is 17.3. The summed E-state index contributed by atoms with van der Waals surface area (Å²) in [6.07, 6.45) is 3.12. The highest BCUT2D eigenvalue weighted by Gasteiger charge is 2.22. The van der Waals surface area contributed by atoms with E-state index in [1.165, 1.54) is 16.4 Å². The van der Waals surface area contributed by atoms with Gasteiger partial charge in [-0.3, -0.25) is 4.98 Å². The average molecular weight is 461 g/mol. The molecule has 2 aromatic carbocycles. The maximum absolute atomic E-state index is 14.3. The zero-order chi connectivity index (χ0) is 20.0. The predicted molar refractivity (Wildman–Crippen MR) is 112 cm³/mol. The highest BCUT2D eigenvalue weighted by Crippen LogP contribution is 2.20. The van der Waals surface area contributed by atoms with Gasteiger partial charge < -0.3 is 0 Å². The van der Waals surface area contributed by atoms with Gasteiger partial charge in [0.25, 0.3) is 0 Å². The van der Waals surface area contributed by atoms with Gasteiger partial charge in [0, 0.05) is 28.2 Å². The lowest BCUT2D eigenvalue weighted by molar-refractivity contribution is 0.395. The Bertz CT molecular complexity index is 1060. The second-order valence-corrected chi connectivity index (χ2v) is 8.82. The Morgan fingerprint density at radius 3 is 2.43 bits per heavy atom. The van der Waals surface area contributed by atoms with Crippen LogP contribution in [0, 0.1) is 5.82 Å². The smallest absolute Gasteiger partial charge is 0.236 e. The van der Waals surface area contributed by atoms with E-state index in [0.717, 1.165) is 11.0 Å². The van der Waals surface area contributed by atoms with Crippen LogP contribution in [0.3, 0.4) is 0 Å². The molecule has 3 rings (SSSR count). The largest absolute Gasteiger partial charge is 0.260 e. The highest BCUT2D eigenvalue weighted by atomic mass is 79.9. The second-order valence-electron chi connectivity index (χ2n) is 6.08. The fourth-order valence-electron chi connectivity index (χ4n) is 2.56. The Kier molecular flexibility index (Phi) is 6.72. The molecule has 7 heteroatoms. The molecule has 0 aliphatic heterocycles. The first kappa shape index (κ1) is 20.4. The van der Waals surface area contributed by atoms with Crippen molar-refractivity contribution in [3.05, 3.63) is 105 Å². The summed E-state index contributed by atoms with van der Waals surface area (Å²) >= 11 is 3.21. The second kappa shape index (κ2) is 9.23. The molecule has 0 N–H and O–H groups in total. The van der Waals surface area contributed by atoms with Gasteiger partial charge in [-0.1, -0.05) is 58.4 Å². The van der Waals surface area contributed by atoms with Gasteiger partial charge in [-0.15, -0.1) is 0 Å². The maximum atomic E-state index is 14.3. The van der Waals surface area contributed by atoms with Crippen molar-refractivity contribution in [1.82, 2.24) is 9.29 Å². The zero-order valence-electron chi connectivity index (χ0n) is 14.9. The van der Waals surface area contributed by atoms with E-state index >= 15 is 0 Å². The molecule has 0 unspecified atom stereocenters. The first-order chi connectivity index (χ1) is 13.4. The summed E-state index contributed by atoms with van der Waals surface area (Å²) in [7, 11) is -3.81. The lowest BCUT2D eigenvalue weighted by atomic mass is 10.2. The summed E-state index contributed by atoms with van der Waals surface area (Å²) in [6.45, 7) is -0.0606. The molecule has 0 bridgehead atoms. The first-order valence-electron chi connectivity index (χ1n) is 8.51. The molecule has 0 saturated carbocycles. The van der Waals surface area contributed by atoms with E-state index in [1.807, 2.05) is 30.3 Å². The van der Waals surface area contributed by atoms with Crippen molar-refractivity contribution < 1.29 is 12.8 Å². The Labute approximate surface area is 172 Å². The van der Waals surface area contributed by atoms with Crippen LogP contribution in [0.25, 0.3) is 6.08 Å². The molecule has 3 aromatic rings. The van der Waals surface area contributed by atoms with E-state index < -0.39 is 15.8 Å². The molecular formula is C21H18BrFN2O2S. The van der Waals surface area contributed by atoms with Crippen LogP contribution in [0.5, 0.6) is 0 Å². The molecule has 0 aliphatic rings. The molecule has 0 aliphatic carbocycles. The maximum Gasteiger partial charge on any atom is 0.236 e. The molecule has 0 spiro atoms. The molecule has 1 heterocycles. The Morgan fingerprint density at radius 1 is 1.00 bits per heavy atom. The van der Waals surface area contributed by atoms with Crippen LogP contribution in [0.1, 0.15) is 16.8 Å². The predicted octanol–water partition coefficient (Wildman–Crippen LogP) is 4.99. The number of rotatable bonds is 7. The summed E-state index contributed by atoms with van der Waals surface area (Å²) in [5.74, 6) is -0.470. The average Bonchev–Trinajstić information content (AvgIpc) is 2.69. The van der Waals surface area contributed by atoms with Crippen LogP contribution in [-0.2, 0) is 23.1 Å². The standard InChI is InChI=1S/C21H18BrFN2O2S/c22-19-10-9-18(21(23)14-19)15-25(16-20-8-4-5-12-24-20)28(26,27)13-11-17-6-2-1-3-7-17/h1-14H,15-16H2. The van der Waals surface area contributed by atoms with Crippen molar-refractivity contribution >= 4 is 32.0 Å². The van der Waals surface area contributed by atoms with Crippen molar-refractivity contribution in [1.29, 1.82) is 0 Å². The SMILES string of the molecule is O=S(=O)(C=Cc1ccccc1)N(Cc1ccccn1)Cc1ccc(Br)cc1F. The van der Waals surface area contributed by atoms with Gasteiger partial charge in [0.1, 0.15) is 5.82 Å². The Hall–Kier alpha value is -2.35. The lowest BCUT2D eigenvalue weighted by Gasteiger charge is -2.20. The van der Waals surface area contributed by atoms with Gasteiger partial charge in [-0.25, -0.2) is 12.8 Å². The molecule has 0 fully saturated rings. The highest BCUT2D eigenvalue weighted by molar-refractivity contribution is 9.10. The summed E-state index contributed by atoms with van der Waals surface area (Å²) in [5.41, 5.74) is 1.63. The number of benzene rings is 2. The normalized spacial score (nSPS) is 12.0. The van der Waals surface area contributed by atoms with Crippen molar-refractivity contribution in [3.63, 3.8) is 0 Å². The minimum absolute atomic E-state index is 0.0395. The summed E-state index contributed by atoms with van der Waals surface area (Å²) in [5, 5.41) is 1.14. The quantitative estimate of drug-likeness (QED) is 0.499. The minimum atomic E-state index is -3.81. The summed E-state index contributed by atoms with van der Waals surface area (Å²) in [6, 6.07) is 19.0. The van der Waals surface area contributed by atoms with Gasteiger partial charge in [0.2, 0.25) is 10.0 Å². The molecule has 0 atom stereocenters. The van der Waals surface area contributed by atoms with E-state index in [9.17, 15) is 12.8 Å². The number of aromatic nitrogens is 1. The van der Waals surface area contributed by atoms with E-state index in [-0.39, 0.29) is 18.7 Å². The molecule has 0 amide bonds. The molecule has 144 valence electrons. The van der Waals surface area contributed by atoms with E-state index in [0.29, 0.717) is 10.2 Å². The van der Waals surface area contributed by atoms with Crippen LogP contribution >= 0.6 is 15.9 Å². The van der Waals surface area contributed by atoms with Gasteiger partial charge >= 0.3 is 0 Å². The Balaban J connectivity index is 1.91. The van der Waals surface area contributed by atoms with Gasteiger partial charge in [-0.05, 0) is 35.9 Å². The van der Waals surface area contributed by atoms with Gasteiger partial charge in [-0.2, -0.15) is 4.31 Å².